The van der Waals surface area contributed by atoms with Crippen LogP contribution in [0.3, 0.4) is 0 Å². The van der Waals surface area contributed by atoms with Crippen LogP contribution < -0.4 is 5.32 Å². The number of carbonyl (C=O) groups is 3. The molecule has 0 radical (unpaired) electrons. The molecular formula is C32H35ClN2O7. The molecule has 1 fully saturated rings. The summed E-state index contributed by atoms with van der Waals surface area (Å²) in [6.07, 6.45) is -2.02. The van der Waals surface area contributed by atoms with Gasteiger partial charge in [-0.25, -0.2) is 4.79 Å². The zero-order chi connectivity index (χ0) is 30.4. The lowest BCUT2D eigenvalue weighted by Crippen LogP contribution is -2.52. The first kappa shape index (κ1) is 31.0. The maximum absolute atomic E-state index is 13.5. The molecule has 4 rings (SSSR count). The van der Waals surface area contributed by atoms with Crippen LogP contribution in [0, 0.1) is 0 Å². The minimum Gasteiger partial charge on any atom is -0.479 e. The molecule has 3 unspecified atom stereocenters. The van der Waals surface area contributed by atoms with Crippen molar-refractivity contribution < 1.29 is 34.1 Å². The van der Waals surface area contributed by atoms with Gasteiger partial charge in [0.2, 0.25) is 5.60 Å². The minimum absolute atomic E-state index is 0.277. The Morgan fingerprint density at radius 1 is 0.833 bits per heavy atom. The third-order valence-electron chi connectivity index (χ3n) is 7.51. The molecular weight excluding hydrogens is 560 g/mol. The molecule has 0 amide bonds. The fourth-order valence-electron chi connectivity index (χ4n) is 5.19. The summed E-state index contributed by atoms with van der Waals surface area (Å²) in [6.45, 7) is 7.64. The predicted molar refractivity (Wildman–Crippen MR) is 158 cm³/mol. The van der Waals surface area contributed by atoms with E-state index in [0.717, 1.165) is 25.3 Å². The lowest BCUT2D eigenvalue weighted by molar-refractivity contribution is -0.189. The van der Waals surface area contributed by atoms with E-state index in [1.54, 1.807) is 84.9 Å². The maximum atomic E-state index is 13.5. The molecule has 10 heteroatoms. The SMILES string of the molecule is CCN(CC)CCNc1ccc(C2(c3ccccc3)OC(=O)CC(O)(C(=O)O)CC(=O)OC2(Cl)c2ccccc2)cc1. The number of benzene rings is 3. The number of halogens is 1. The topological polar surface area (TPSA) is 125 Å². The van der Waals surface area contributed by atoms with Gasteiger partial charge in [-0.3, -0.25) is 9.59 Å². The van der Waals surface area contributed by atoms with E-state index in [9.17, 15) is 24.6 Å². The van der Waals surface area contributed by atoms with Crippen molar-refractivity contribution in [2.24, 2.45) is 0 Å². The molecule has 0 saturated carbocycles. The first-order valence-electron chi connectivity index (χ1n) is 13.8. The van der Waals surface area contributed by atoms with Gasteiger partial charge < -0.3 is 29.9 Å². The number of anilines is 1. The van der Waals surface area contributed by atoms with Gasteiger partial charge >= 0.3 is 17.9 Å². The molecule has 3 N–H and O–H groups in total. The first-order valence-corrected chi connectivity index (χ1v) is 14.2. The summed E-state index contributed by atoms with van der Waals surface area (Å²) in [6, 6.07) is 24.0. The molecule has 3 aromatic rings. The summed E-state index contributed by atoms with van der Waals surface area (Å²) in [5.74, 6) is -3.96. The standard InChI is InChI=1S/C32H35ClN2O7/c1-3-35(4-2)20-19-34-26-17-15-24(16-18-26)31(23-11-7-5-8-12-23)32(33,25-13-9-6-10-14-25)42-28(37)22-30(40,29(38)39)21-27(36)41-31/h5-18,34,40H,3-4,19-22H2,1-2H3,(H,38,39). The Morgan fingerprint density at radius 2 is 1.33 bits per heavy atom. The van der Waals surface area contributed by atoms with E-state index in [2.05, 4.69) is 24.1 Å². The number of rotatable bonds is 10. The van der Waals surface area contributed by atoms with E-state index < -0.39 is 47.0 Å². The molecule has 0 aromatic heterocycles. The first-order chi connectivity index (χ1) is 20.1. The van der Waals surface area contributed by atoms with Crippen molar-refractivity contribution in [2.75, 3.05) is 31.5 Å². The largest absolute Gasteiger partial charge is 0.479 e. The number of carboxylic acids is 1. The highest BCUT2D eigenvalue weighted by atomic mass is 35.5. The highest BCUT2D eigenvalue weighted by Gasteiger charge is 2.62. The number of aliphatic hydroxyl groups is 1. The van der Waals surface area contributed by atoms with Crippen molar-refractivity contribution in [1.29, 1.82) is 0 Å². The van der Waals surface area contributed by atoms with Crippen LogP contribution in [-0.4, -0.2) is 64.8 Å². The minimum atomic E-state index is -2.76. The second-order valence-corrected chi connectivity index (χ2v) is 10.7. The highest BCUT2D eigenvalue weighted by molar-refractivity contribution is 6.25. The van der Waals surface area contributed by atoms with Crippen LogP contribution >= 0.6 is 11.6 Å². The third kappa shape index (κ3) is 6.13. The van der Waals surface area contributed by atoms with Gasteiger partial charge in [-0.1, -0.05) is 98.2 Å². The second-order valence-electron chi connectivity index (χ2n) is 10.2. The lowest BCUT2D eigenvalue weighted by atomic mass is 9.77. The Morgan fingerprint density at radius 3 is 1.86 bits per heavy atom. The molecule has 3 atom stereocenters. The molecule has 0 spiro atoms. The lowest BCUT2D eigenvalue weighted by Gasteiger charge is -2.45. The van der Waals surface area contributed by atoms with Gasteiger partial charge in [-0.05, 0) is 25.2 Å². The Balaban J connectivity index is 1.91. The fourth-order valence-corrected chi connectivity index (χ4v) is 5.66. The number of aliphatic carboxylic acids is 1. The molecule has 1 aliphatic rings. The molecule has 3 aromatic carbocycles. The van der Waals surface area contributed by atoms with E-state index >= 15 is 0 Å². The Hall–Kier alpha value is -3.92. The van der Waals surface area contributed by atoms with Crippen molar-refractivity contribution in [3.05, 3.63) is 102 Å². The van der Waals surface area contributed by atoms with E-state index in [4.69, 9.17) is 21.1 Å². The van der Waals surface area contributed by atoms with Crippen molar-refractivity contribution in [2.45, 2.75) is 43.0 Å². The molecule has 1 aliphatic heterocycles. The number of cyclic esters (lactones) is 2. The third-order valence-corrected chi connectivity index (χ3v) is 8.08. The number of alkyl halides is 1. The molecule has 0 bridgehead atoms. The van der Waals surface area contributed by atoms with Crippen LogP contribution in [0.15, 0.2) is 84.9 Å². The zero-order valence-electron chi connectivity index (χ0n) is 23.6. The summed E-state index contributed by atoms with van der Waals surface area (Å²) < 4.78 is 12.1. The van der Waals surface area contributed by atoms with Crippen molar-refractivity contribution >= 4 is 35.2 Å². The summed E-state index contributed by atoms with van der Waals surface area (Å²) in [7, 11) is 0. The van der Waals surface area contributed by atoms with Gasteiger partial charge in [0, 0.05) is 35.5 Å². The summed E-state index contributed by atoms with van der Waals surface area (Å²) in [4.78, 5) is 41.1. The van der Waals surface area contributed by atoms with Crippen LogP contribution in [0.5, 0.6) is 0 Å². The number of likely N-dealkylation sites (N-methyl/N-ethyl adjacent to an activating group) is 1. The fraction of sp³-hybridized carbons (Fsp3) is 0.344. The predicted octanol–water partition coefficient (Wildman–Crippen LogP) is 4.47. The van der Waals surface area contributed by atoms with Crippen LogP contribution in [0.25, 0.3) is 0 Å². The van der Waals surface area contributed by atoms with Crippen molar-refractivity contribution in [1.82, 2.24) is 4.90 Å². The van der Waals surface area contributed by atoms with E-state index in [1.807, 2.05) is 0 Å². The highest BCUT2D eigenvalue weighted by Crippen LogP contribution is 2.55. The van der Waals surface area contributed by atoms with Crippen LogP contribution in [0.2, 0.25) is 0 Å². The molecule has 0 aliphatic carbocycles. The van der Waals surface area contributed by atoms with Crippen molar-refractivity contribution in [3.8, 4) is 0 Å². The quantitative estimate of drug-likeness (QED) is 0.230. The van der Waals surface area contributed by atoms with E-state index in [0.29, 0.717) is 17.7 Å². The smallest absolute Gasteiger partial charge is 0.336 e. The zero-order valence-corrected chi connectivity index (χ0v) is 24.3. The number of carbonyl (C=O) groups excluding carboxylic acids is 2. The Labute approximate surface area is 250 Å². The Bertz CT molecular complexity index is 1380. The maximum Gasteiger partial charge on any atom is 0.336 e. The van der Waals surface area contributed by atoms with Gasteiger partial charge in [-0.15, -0.1) is 0 Å². The van der Waals surface area contributed by atoms with E-state index in [-0.39, 0.29) is 5.56 Å². The number of ether oxygens (including phenoxy) is 2. The molecule has 9 nitrogen and oxygen atoms in total. The summed E-state index contributed by atoms with van der Waals surface area (Å²) in [5.41, 5.74) is -2.93. The monoisotopic (exact) mass is 594 g/mol. The summed E-state index contributed by atoms with van der Waals surface area (Å²) >= 11 is 7.39. The normalized spacial score (nSPS) is 24.6. The van der Waals surface area contributed by atoms with Crippen LogP contribution in [-0.2, 0) is 34.5 Å². The number of nitrogens with one attached hydrogen (secondary N) is 1. The number of hydrogen-bond acceptors (Lipinski definition) is 8. The average Bonchev–Trinajstić information content (AvgIpc) is 3.02. The van der Waals surface area contributed by atoms with Crippen LogP contribution in [0.1, 0.15) is 43.4 Å². The Kier molecular flexibility index (Phi) is 9.56. The molecule has 42 heavy (non-hydrogen) atoms. The molecule has 222 valence electrons. The van der Waals surface area contributed by atoms with Gasteiger partial charge in [0.25, 0.3) is 5.06 Å². The van der Waals surface area contributed by atoms with Gasteiger partial charge in [-0.2, -0.15) is 0 Å². The van der Waals surface area contributed by atoms with Crippen molar-refractivity contribution in [3.63, 3.8) is 0 Å². The summed E-state index contributed by atoms with van der Waals surface area (Å²) in [5, 5.41) is 21.7. The van der Waals surface area contributed by atoms with Gasteiger partial charge in [0.15, 0.2) is 5.60 Å². The average molecular weight is 595 g/mol. The van der Waals surface area contributed by atoms with Crippen LogP contribution in [0.4, 0.5) is 5.69 Å². The number of esters is 2. The molecule has 1 heterocycles. The molecule has 1 saturated heterocycles. The number of hydrogen-bond donors (Lipinski definition) is 3. The van der Waals surface area contributed by atoms with E-state index in [1.165, 1.54) is 0 Å². The van der Waals surface area contributed by atoms with Gasteiger partial charge in [0.05, 0.1) is 12.8 Å². The second kappa shape index (κ2) is 12.9. The number of carboxylic acid groups (broad SMARTS) is 1. The number of nitrogens with zero attached hydrogens (tertiary/aromatic N) is 1. The van der Waals surface area contributed by atoms with Gasteiger partial charge in [0.1, 0.15) is 0 Å².